The second-order valence-corrected chi connectivity index (χ2v) is 33.8. The van der Waals surface area contributed by atoms with Crippen molar-refractivity contribution >= 4 is 19.8 Å². The molecule has 2 atom stereocenters. The van der Waals surface area contributed by atoms with Crippen molar-refractivity contribution in [3.8, 4) is 0 Å². The van der Waals surface area contributed by atoms with Gasteiger partial charge >= 0.3 is 19.8 Å². The van der Waals surface area contributed by atoms with Crippen LogP contribution in [0, 0.1) is 0 Å². The number of hydrogen-bond acceptors (Lipinski definition) is 7. The molecule has 0 spiro atoms. The summed E-state index contributed by atoms with van der Waals surface area (Å²) in [5, 5.41) is 0. The number of carbonyl (C=O) groups excluding carboxylic acids is 2. The lowest BCUT2D eigenvalue weighted by Crippen LogP contribution is -2.37. The average Bonchev–Trinajstić information content (AvgIpc) is 1.02. The Morgan fingerprint density at radius 3 is 0.792 bits per heavy atom. The number of likely N-dealkylation sites (N-methyl/N-ethyl adjacent to an activating group) is 1. The van der Waals surface area contributed by atoms with E-state index in [-0.39, 0.29) is 25.6 Å². The Bertz CT molecular complexity index is 1800. The average molecular weight is 1440 g/mol. The van der Waals surface area contributed by atoms with Gasteiger partial charge in [-0.15, -0.1) is 0 Å². The number of esters is 2. The Hall–Kier alpha value is -1.77. The lowest BCUT2D eigenvalue weighted by Gasteiger charge is -2.24. The number of carbonyl (C=O) groups is 2. The smallest absolute Gasteiger partial charge is 0.462 e. The molecule has 598 valence electrons. The lowest BCUT2D eigenvalue weighted by molar-refractivity contribution is -0.870. The van der Waals surface area contributed by atoms with Crippen molar-refractivity contribution in [2.24, 2.45) is 0 Å². The maximum Gasteiger partial charge on any atom is 0.472 e. The van der Waals surface area contributed by atoms with E-state index in [0.29, 0.717) is 17.4 Å². The van der Waals surface area contributed by atoms with Crippen LogP contribution in [-0.2, 0) is 32.7 Å². The summed E-state index contributed by atoms with van der Waals surface area (Å²) in [7, 11) is 1.51. The minimum absolute atomic E-state index is 0.0361. The minimum Gasteiger partial charge on any atom is -0.462 e. The van der Waals surface area contributed by atoms with Crippen molar-refractivity contribution in [2.75, 3.05) is 47.5 Å². The highest BCUT2D eigenvalue weighted by molar-refractivity contribution is 7.47. The fraction of sp³-hybridized carbons (Fsp3) is 0.912. The summed E-state index contributed by atoms with van der Waals surface area (Å²) < 4.78 is 34.9. The highest BCUT2D eigenvalue weighted by atomic mass is 31.2. The van der Waals surface area contributed by atoms with Crippen LogP contribution in [0.1, 0.15) is 483 Å². The van der Waals surface area contributed by atoms with Crippen LogP contribution in [0.15, 0.2) is 36.5 Å². The molecule has 0 bridgehead atoms. The molecule has 9 nitrogen and oxygen atoms in total. The second kappa shape index (κ2) is 82.3. The van der Waals surface area contributed by atoms with E-state index in [0.717, 1.165) is 51.4 Å². The summed E-state index contributed by atoms with van der Waals surface area (Å²) >= 11 is 0. The van der Waals surface area contributed by atoms with E-state index < -0.39 is 26.5 Å². The van der Waals surface area contributed by atoms with Crippen LogP contribution in [-0.4, -0.2) is 74.9 Å². The quantitative estimate of drug-likeness (QED) is 0.0211. The molecule has 0 aromatic heterocycles. The van der Waals surface area contributed by atoms with Crippen LogP contribution in [0.2, 0.25) is 0 Å². The highest BCUT2D eigenvalue weighted by Gasteiger charge is 2.27. The van der Waals surface area contributed by atoms with Gasteiger partial charge in [0.25, 0.3) is 0 Å². The van der Waals surface area contributed by atoms with Crippen LogP contribution < -0.4 is 0 Å². The Morgan fingerprint density at radius 1 is 0.307 bits per heavy atom. The van der Waals surface area contributed by atoms with E-state index in [9.17, 15) is 19.0 Å². The molecule has 101 heavy (non-hydrogen) atoms. The molecular weight excluding hydrogens is 1270 g/mol. The predicted molar refractivity (Wildman–Crippen MR) is 441 cm³/mol. The van der Waals surface area contributed by atoms with Crippen molar-refractivity contribution in [1.82, 2.24) is 0 Å². The van der Waals surface area contributed by atoms with Gasteiger partial charge < -0.3 is 18.9 Å². The maximum atomic E-state index is 12.9. The van der Waals surface area contributed by atoms with Crippen molar-refractivity contribution in [2.45, 2.75) is 489 Å². The van der Waals surface area contributed by atoms with Crippen molar-refractivity contribution < 1.29 is 42.1 Å². The van der Waals surface area contributed by atoms with E-state index >= 15 is 0 Å². The topological polar surface area (TPSA) is 108 Å². The van der Waals surface area contributed by atoms with Crippen LogP contribution in [0.5, 0.6) is 0 Å². The summed E-state index contributed by atoms with van der Waals surface area (Å²) in [6, 6.07) is 0. The largest absolute Gasteiger partial charge is 0.472 e. The molecule has 0 heterocycles. The summed E-state index contributed by atoms with van der Waals surface area (Å²) in [5.74, 6) is -0.766. The number of hydrogen-bond donors (Lipinski definition) is 1. The van der Waals surface area contributed by atoms with E-state index in [1.54, 1.807) is 0 Å². The molecule has 1 N–H and O–H groups in total. The number of rotatable bonds is 86. The van der Waals surface area contributed by atoms with E-state index in [4.69, 9.17) is 18.5 Å². The zero-order chi connectivity index (χ0) is 73.3. The fourth-order valence-electron chi connectivity index (χ4n) is 14.0. The molecule has 2 unspecified atom stereocenters. The van der Waals surface area contributed by atoms with E-state index in [2.05, 4.69) is 50.3 Å². The Morgan fingerprint density at radius 2 is 0.535 bits per heavy atom. The molecule has 0 amide bonds. The summed E-state index contributed by atoms with van der Waals surface area (Å²) in [6.45, 7) is 4.52. The third kappa shape index (κ3) is 87.0. The first-order valence-electron chi connectivity index (χ1n) is 45.2. The van der Waals surface area contributed by atoms with Crippen molar-refractivity contribution in [3.63, 3.8) is 0 Å². The molecule has 0 aromatic carbocycles. The van der Waals surface area contributed by atoms with Crippen LogP contribution >= 0.6 is 7.82 Å². The van der Waals surface area contributed by atoms with Gasteiger partial charge in [0, 0.05) is 12.8 Å². The van der Waals surface area contributed by atoms with Crippen LogP contribution in [0.3, 0.4) is 0 Å². The third-order valence-corrected chi connectivity index (χ3v) is 21.9. The number of ether oxygens (including phenoxy) is 2. The van der Waals surface area contributed by atoms with Gasteiger partial charge in [-0.3, -0.25) is 18.6 Å². The molecule has 0 rings (SSSR count). The molecule has 0 saturated carbocycles. The van der Waals surface area contributed by atoms with Gasteiger partial charge in [0.2, 0.25) is 0 Å². The number of allylic oxidation sites excluding steroid dienone is 6. The summed E-state index contributed by atoms with van der Waals surface area (Å²) in [4.78, 5) is 36.1. The molecule has 0 fully saturated rings. The lowest BCUT2D eigenvalue weighted by atomic mass is 10.0. The van der Waals surface area contributed by atoms with E-state index in [1.165, 1.54) is 405 Å². The van der Waals surface area contributed by atoms with E-state index in [1.807, 2.05) is 21.1 Å². The standard InChI is InChI=1S/C91H176NO8P/c1-6-8-10-12-14-16-18-20-22-24-26-28-30-32-34-36-38-40-42-44-45-46-47-48-50-52-54-56-58-60-62-64-66-68-70-72-74-76-78-80-82-84-91(94)100-89(88-99-101(95,96)98-86-85-92(3,4)5)87-97-90(93)83-81-79-77-75-73-71-69-67-65-63-61-59-57-55-53-51-49-43-41-39-37-35-33-31-29-27-25-23-21-19-17-15-13-11-9-7-2/h18,20,24,26,30,32,89H,6-17,19,21-23,25,27-29,31,33-88H2,1-5H3/p+1/b20-18-,26-24-,32-30-. The number of nitrogens with zero attached hydrogens (tertiary/aromatic N) is 1. The van der Waals surface area contributed by atoms with Gasteiger partial charge in [-0.1, -0.05) is 455 Å². The van der Waals surface area contributed by atoms with Crippen molar-refractivity contribution in [3.05, 3.63) is 36.5 Å². The molecular formula is C91H177NO8P+. The molecule has 0 aliphatic heterocycles. The zero-order valence-corrected chi connectivity index (χ0v) is 69.6. The van der Waals surface area contributed by atoms with Gasteiger partial charge in [0.1, 0.15) is 19.8 Å². The number of phosphoric ester groups is 1. The molecule has 0 saturated heterocycles. The first-order chi connectivity index (χ1) is 49.5. The van der Waals surface area contributed by atoms with Gasteiger partial charge in [-0.2, -0.15) is 0 Å². The Labute approximate surface area is 631 Å². The monoisotopic (exact) mass is 1440 g/mol. The molecule has 0 aromatic rings. The summed E-state index contributed by atoms with van der Waals surface area (Å²) in [6.07, 6.45) is 109. The van der Waals surface area contributed by atoms with Gasteiger partial charge in [-0.25, -0.2) is 4.57 Å². The van der Waals surface area contributed by atoms with Gasteiger partial charge in [-0.05, 0) is 51.4 Å². The molecule has 0 radical (unpaired) electrons. The third-order valence-electron chi connectivity index (χ3n) is 20.9. The Balaban J connectivity index is 3.83. The van der Waals surface area contributed by atoms with Gasteiger partial charge in [0.15, 0.2) is 6.10 Å². The van der Waals surface area contributed by atoms with Crippen LogP contribution in [0.4, 0.5) is 0 Å². The SMILES string of the molecule is CCCCCCC/C=C\C/C=C\C/C=C\CCCCCCCCCCCCCCCCCCCCCCCCCCCCC(=O)OC(COC(=O)CCCCCCCCCCCCCCCCCCCCCCCCCCCCCCCCCCCCCC)COP(=O)(O)OCC[N+](C)(C)C. The molecule has 10 heteroatoms. The number of phosphoric acid groups is 1. The number of unbranched alkanes of at least 4 members (excludes halogenated alkanes) is 66. The number of quaternary nitrogens is 1. The first-order valence-corrected chi connectivity index (χ1v) is 46.7. The normalized spacial score (nSPS) is 13.0. The predicted octanol–water partition coefficient (Wildman–Crippen LogP) is 30.5. The summed E-state index contributed by atoms with van der Waals surface area (Å²) in [5.41, 5.74) is 0. The second-order valence-electron chi connectivity index (χ2n) is 32.4. The fourth-order valence-corrected chi connectivity index (χ4v) is 14.8. The van der Waals surface area contributed by atoms with Crippen LogP contribution in [0.25, 0.3) is 0 Å². The van der Waals surface area contributed by atoms with Crippen molar-refractivity contribution in [1.29, 1.82) is 0 Å². The highest BCUT2D eigenvalue weighted by Crippen LogP contribution is 2.43. The zero-order valence-electron chi connectivity index (χ0n) is 68.7. The first kappa shape index (κ1) is 99.2. The molecule has 0 aliphatic rings. The maximum absolute atomic E-state index is 12.9. The Kier molecular flexibility index (Phi) is 80.8. The molecule has 0 aliphatic carbocycles. The minimum atomic E-state index is -4.39. The van der Waals surface area contributed by atoms with Gasteiger partial charge in [0.05, 0.1) is 27.7 Å².